The predicted octanol–water partition coefficient (Wildman–Crippen LogP) is 0.978. The van der Waals surface area contributed by atoms with Gasteiger partial charge in [0.1, 0.15) is 0 Å². The molecule has 2 aliphatic rings. The van der Waals surface area contributed by atoms with Crippen LogP contribution in [0.15, 0.2) is 29.4 Å². The van der Waals surface area contributed by atoms with E-state index in [4.69, 9.17) is 11.6 Å². The molecule has 0 radical (unpaired) electrons. The van der Waals surface area contributed by atoms with Crippen LogP contribution in [0.1, 0.15) is 18.9 Å². The minimum Gasteiger partial charge on any atom is -0.351 e. The monoisotopic (exact) mass is 383 g/mol. The first kappa shape index (κ1) is 17.9. The quantitative estimate of drug-likeness (QED) is 0.784. The third-order valence-electron chi connectivity index (χ3n) is 4.32. The number of benzene rings is 1. The molecule has 0 unspecified atom stereocenters. The van der Waals surface area contributed by atoms with Crippen molar-refractivity contribution in [2.75, 3.05) is 11.5 Å². The lowest BCUT2D eigenvalue weighted by atomic mass is 10.0. The van der Waals surface area contributed by atoms with E-state index in [1.54, 1.807) is 25.1 Å². The van der Waals surface area contributed by atoms with Crippen molar-refractivity contribution < 1.29 is 18.0 Å². The largest absolute Gasteiger partial charge is 0.351 e. The first-order valence-corrected chi connectivity index (χ1v) is 10.1. The Morgan fingerprint density at radius 1 is 1.40 bits per heavy atom. The maximum Gasteiger partial charge on any atom is 0.261 e. The van der Waals surface area contributed by atoms with Gasteiger partial charge in [0.25, 0.3) is 5.91 Å². The van der Waals surface area contributed by atoms with E-state index in [-0.39, 0.29) is 18.1 Å². The van der Waals surface area contributed by atoms with Gasteiger partial charge in [0.15, 0.2) is 15.8 Å². The maximum absolute atomic E-state index is 12.6. The van der Waals surface area contributed by atoms with Crippen LogP contribution < -0.4 is 5.32 Å². The van der Waals surface area contributed by atoms with Gasteiger partial charge in [-0.25, -0.2) is 13.4 Å². The predicted molar refractivity (Wildman–Crippen MR) is 93.8 cm³/mol. The van der Waals surface area contributed by atoms with Crippen molar-refractivity contribution in [3.05, 3.63) is 34.9 Å². The summed E-state index contributed by atoms with van der Waals surface area (Å²) in [6.45, 7) is 1.79. The highest BCUT2D eigenvalue weighted by Crippen LogP contribution is 2.23. The highest BCUT2D eigenvalue weighted by molar-refractivity contribution is 7.91. The summed E-state index contributed by atoms with van der Waals surface area (Å²) in [5, 5.41) is 8.58. The van der Waals surface area contributed by atoms with Gasteiger partial charge in [-0.2, -0.15) is 5.10 Å². The molecule has 1 N–H and O–H groups in total. The van der Waals surface area contributed by atoms with E-state index in [9.17, 15) is 18.0 Å². The SMILES string of the molecule is CC1=NN(Cc2ccccc2Cl)C(=O)[C@H]1C(=O)N[C@H]1CCS(=O)(=O)C1. The second kappa shape index (κ2) is 6.76. The van der Waals surface area contributed by atoms with E-state index in [2.05, 4.69) is 10.4 Å². The average molecular weight is 384 g/mol. The minimum atomic E-state index is -3.10. The van der Waals surface area contributed by atoms with Crippen LogP contribution >= 0.6 is 11.6 Å². The van der Waals surface area contributed by atoms with Crippen molar-refractivity contribution in [1.29, 1.82) is 0 Å². The number of carbonyl (C=O) groups excluding carboxylic acids is 2. The van der Waals surface area contributed by atoms with Gasteiger partial charge < -0.3 is 5.32 Å². The second-order valence-electron chi connectivity index (χ2n) is 6.27. The zero-order valence-corrected chi connectivity index (χ0v) is 15.2. The fourth-order valence-electron chi connectivity index (χ4n) is 3.02. The van der Waals surface area contributed by atoms with Gasteiger partial charge in [-0.15, -0.1) is 0 Å². The van der Waals surface area contributed by atoms with E-state index in [0.717, 1.165) is 5.56 Å². The van der Waals surface area contributed by atoms with Crippen LogP contribution in [0.25, 0.3) is 0 Å². The van der Waals surface area contributed by atoms with Gasteiger partial charge in [0, 0.05) is 11.1 Å². The molecule has 2 atom stereocenters. The normalized spacial score (nSPS) is 25.1. The van der Waals surface area contributed by atoms with Crippen molar-refractivity contribution in [3.8, 4) is 0 Å². The highest BCUT2D eigenvalue weighted by Gasteiger charge is 2.40. The number of hydrazone groups is 1. The zero-order valence-electron chi connectivity index (χ0n) is 13.6. The molecule has 2 aliphatic heterocycles. The smallest absolute Gasteiger partial charge is 0.261 e. The maximum atomic E-state index is 12.6. The molecule has 0 saturated carbocycles. The summed E-state index contributed by atoms with van der Waals surface area (Å²) in [4.78, 5) is 25.0. The molecule has 134 valence electrons. The molecule has 25 heavy (non-hydrogen) atoms. The lowest BCUT2D eigenvalue weighted by Crippen LogP contribution is -2.44. The van der Waals surface area contributed by atoms with Crippen LogP contribution in [0, 0.1) is 5.92 Å². The number of nitrogens with zero attached hydrogens (tertiary/aromatic N) is 2. The summed E-state index contributed by atoms with van der Waals surface area (Å²) in [6, 6.07) is 6.66. The first-order valence-electron chi connectivity index (χ1n) is 7.87. The van der Waals surface area contributed by atoms with Gasteiger partial charge in [0.05, 0.1) is 23.8 Å². The molecule has 0 aliphatic carbocycles. The molecule has 0 aromatic heterocycles. The molecule has 7 nitrogen and oxygen atoms in total. The fraction of sp³-hybridized carbons (Fsp3) is 0.438. The zero-order chi connectivity index (χ0) is 18.2. The molecule has 9 heteroatoms. The van der Waals surface area contributed by atoms with Crippen molar-refractivity contribution in [2.24, 2.45) is 11.0 Å². The van der Waals surface area contributed by atoms with Gasteiger partial charge in [0.2, 0.25) is 5.91 Å². The molecule has 1 fully saturated rings. The standard InChI is InChI=1S/C16H18ClN3O4S/c1-10-14(15(21)18-12-6-7-25(23,24)9-12)16(22)20(19-10)8-11-4-2-3-5-13(11)17/h2-5,12,14H,6-9H2,1H3,(H,18,21)/t12-,14+/m0/s1. The van der Waals surface area contributed by atoms with Crippen LogP contribution in [-0.4, -0.2) is 48.5 Å². The Morgan fingerprint density at radius 3 is 2.76 bits per heavy atom. The van der Waals surface area contributed by atoms with Crippen molar-refractivity contribution in [2.45, 2.75) is 25.9 Å². The third-order valence-corrected chi connectivity index (χ3v) is 6.45. The topological polar surface area (TPSA) is 95.9 Å². The molecule has 0 bridgehead atoms. The Hall–Kier alpha value is -1.93. The Bertz CT molecular complexity index is 853. The van der Waals surface area contributed by atoms with Crippen LogP contribution in [0.4, 0.5) is 0 Å². The third kappa shape index (κ3) is 3.85. The summed E-state index contributed by atoms with van der Waals surface area (Å²) in [6.07, 6.45) is 0.370. The number of carbonyl (C=O) groups is 2. The van der Waals surface area contributed by atoms with E-state index in [1.165, 1.54) is 5.01 Å². The first-order chi connectivity index (χ1) is 11.8. The van der Waals surface area contributed by atoms with Gasteiger partial charge >= 0.3 is 0 Å². The van der Waals surface area contributed by atoms with Crippen LogP contribution in [0.2, 0.25) is 5.02 Å². The Labute approximate surface area is 150 Å². The molecular weight excluding hydrogens is 366 g/mol. The number of rotatable bonds is 4. The number of hydrogen-bond donors (Lipinski definition) is 1. The second-order valence-corrected chi connectivity index (χ2v) is 8.91. The van der Waals surface area contributed by atoms with Crippen molar-refractivity contribution in [3.63, 3.8) is 0 Å². The molecule has 2 heterocycles. The van der Waals surface area contributed by atoms with Crippen molar-refractivity contribution in [1.82, 2.24) is 10.3 Å². The lowest BCUT2D eigenvalue weighted by molar-refractivity contribution is -0.138. The Balaban J connectivity index is 1.68. The Morgan fingerprint density at radius 2 is 2.12 bits per heavy atom. The summed E-state index contributed by atoms with van der Waals surface area (Å²) in [7, 11) is -3.10. The molecule has 0 spiro atoms. The number of sulfone groups is 1. The van der Waals surface area contributed by atoms with Crippen LogP contribution in [0.3, 0.4) is 0 Å². The summed E-state index contributed by atoms with van der Waals surface area (Å²) >= 11 is 6.10. The van der Waals surface area contributed by atoms with E-state index < -0.39 is 33.6 Å². The summed E-state index contributed by atoms with van der Waals surface area (Å²) < 4.78 is 23.0. The average Bonchev–Trinajstić information content (AvgIpc) is 3.00. The van der Waals surface area contributed by atoms with Crippen LogP contribution in [0.5, 0.6) is 0 Å². The summed E-state index contributed by atoms with van der Waals surface area (Å²) in [5.41, 5.74) is 1.12. The molecule has 3 rings (SSSR count). The van der Waals surface area contributed by atoms with Gasteiger partial charge in [-0.3, -0.25) is 9.59 Å². The molecule has 1 aromatic rings. The van der Waals surface area contributed by atoms with E-state index in [0.29, 0.717) is 17.2 Å². The molecule has 1 saturated heterocycles. The number of hydrogen-bond acceptors (Lipinski definition) is 5. The van der Waals surface area contributed by atoms with E-state index >= 15 is 0 Å². The minimum absolute atomic E-state index is 0.0578. The van der Waals surface area contributed by atoms with Gasteiger partial charge in [-0.05, 0) is 25.0 Å². The molecular formula is C16H18ClN3O4S. The summed E-state index contributed by atoms with van der Waals surface area (Å²) in [5.74, 6) is -1.99. The van der Waals surface area contributed by atoms with E-state index in [1.807, 2.05) is 6.07 Å². The fourth-order valence-corrected chi connectivity index (χ4v) is 4.89. The van der Waals surface area contributed by atoms with Gasteiger partial charge in [-0.1, -0.05) is 29.8 Å². The molecule has 1 aromatic carbocycles. The number of halogens is 1. The molecule has 2 amide bonds. The Kier molecular flexibility index (Phi) is 4.83. The number of nitrogens with one attached hydrogen (secondary N) is 1. The highest BCUT2D eigenvalue weighted by atomic mass is 35.5. The lowest BCUT2D eigenvalue weighted by Gasteiger charge is -2.17. The number of amides is 2. The van der Waals surface area contributed by atoms with Crippen molar-refractivity contribution >= 4 is 39.0 Å². The van der Waals surface area contributed by atoms with Crippen LogP contribution in [-0.2, 0) is 26.0 Å².